The van der Waals surface area contributed by atoms with Crippen molar-refractivity contribution >= 4 is 22.8 Å². The van der Waals surface area contributed by atoms with Gasteiger partial charge in [0.2, 0.25) is 0 Å². The highest BCUT2D eigenvalue weighted by Gasteiger charge is 2.20. The molecule has 6 heteroatoms. The van der Waals surface area contributed by atoms with E-state index in [2.05, 4.69) is 0 Å². The second kappa shape index (κ2) is 4.93. The lowest BCUT2D eigenvalue weighted by Crippen LogP contribution is -2.31. The first-order valence-corrected chi connectivity index (χ1v) is 5.52. The van der Waals surface area contributed by atoms with E-state index in [0.717, 1.165) is 0 Å². The molecule has 0 radical (unpaired) electrons. The van der Waals surface area contributed by atoms with Gasteiger partial charge in [-0.25, -0.2) is 9.59 Å². The zero-order valence-electron chi connectivity index (χ0n) is 10.1. The maximum Gasteiger partial charge on any atom is 0.351 e. The molecule has 1 aromatic carbocycles. The molecular weight excluding hydrogens is 250 g/mol. The van der Waals surface area contributed by atoms with Crippen molar-refractivity contribution in [1.29, 1.82) is 0 Å². The van der Waals surface area contributed by atoms with E-state index in [-0.39, 0.29) is 5.56 Å². The van der Waals surface area contributed by atoms with Crippen molar-refractivity contribution < 1.29 is 18.7 Å². The average Bonchev–Trinajstić information content (AvgIpc) is 2.37. The summed E-state index contributed by atoms with van der Waals surface area (Å²) >= 11 is 0. The van der Waals surface area contributed by atoms with Crippen molar-refractivity contribution in [2.24, 2.45) is 5.73 Å². The lowest BCUT2D eigenvalue weighted by molar-refractivity contribution is -0.125. The lowest BCUT2D eigenvalue weighted by atomic mass is 10.2. The number of carbonyl (C=O) groups is 2. The number of hydrogen-bond donors (Lipinski definition) is 1. The number of carbonyl (C=O) groups excluding carboxylic acids is 2. The minimum atomic E-state index is -1.11. The highest BCUT2D eigenvalue weighted by Crippen LogP contribution is 2.13. The second-order valence-electron chi connectivity index (χ2n) is 3.94. The van der Waals surface area contributed by atoms with Gasteiger partial charge in [0, 0.05) is 5.39 Å². The molecular formula is C13H11NO5. The molecule has 1 aromatic heterocycles. The predicted octanol–water partition coefficient (Wildman–Crippen LogP) is 0.824. The fraction of sp³-hybridized carbons (Fsp3) is 0.154. The SMILES string of the molecule is C[C@@H](OC(=O)c1cc2ccccc2oc1=O)C(N)=O. The van der Waals surface area contributed by atoms with Crippen molar-refractivity contribution in [3.63, 3.8) is 0 Å². The van der Waals surface area contributed by atoms with Gasteiger partial charge in [0.1, 0.15) is 11.1 Å². The number of ether oxygens (including phenoxy) is 1. The molecule has 0 aliphatic heterocycles. The number of amides is 1. The number of primary amides is 1. The van der Waals surface area contributed by atoms with Gasteiger partial charge in [0.15, 0.2) is 6.10 Å². The molecule has 2 aromatic rings. The van der Waals surface area contributed by atoms with Crippen LogP contribution in [0.15, 0.2) is 39.5 Å². The fourth-order valence-electron chi connectivity index (χ4n) is 1.49. The molecule has 0 unspecified atom stereocenters. The van der Waals surface area contributed by atoms with Crippen LogP contribution in [0.2, 0.25) is 0 Å². The molecule has 0 bridgehead atoms. The Morgan fingerprint density at radius 2 is 2.00 bits per heavy atom. The first-order chi connectivity index (χ1) is 8.99. The van der Waals surface area contributed by atoms with Gasteiger partial charge in [-0.2, -0.15) is 0 Å². The molecule has 6 nitrogen and oxygen atoms in total. The number of nitrogens with two attached hydrogens (primary N) is 1. The lowest BCUT2D eigenvalue weighted by Gasteiger charge is -2.08. The Labute approximate surface area is 107 Å². The molecule has 0 spiro atoms. The van der Waals surface area contributed by atoms with Crippen LogP contribution in [0.3, 0.4) is 0 Å². The molecule has 2 rings (SSSR count). The van der Waals surface area contributed by atoms with Gasteiger partial charge in [-0.3, -0.25) is 4.79 Å². The average molecular weight is 261 g/mol. The van der Waals surface area contributed by atoms with Crippen LogP contribution in [0.5, 0.6) is 0 Å². The number of rotatable bonds is 3. The third-order valence-electron chi connectivity index (χ3n) is 2.55. The Morgan fingerprint density at radius 1 is 1.32 bits per heavy atom. The first-order valence-electron chi connectivity index (χ1n) is 5.52. The van der Waals surface area contributed by atoms with Crippen molar-refractivity contribution in [1.82, 2.24) is 0 Å². The van der Waals surface area contributed by atoms with Crippen molar-refractivity contribution in [2.75, 3.05) is 0 Å². The summed E-state index contributed by atoms with van der Waals surface area (Å²) in [4.78, 5) is 34.2. The van der Waals surface area contributed by atoms with Crippen molar-refractivity contribution in [3.8, 4) is 0 Å². The molecule has 2 N–H and O–H groups in total. The standard InChI is InChI=1S/C13H11NO5/c1-7(11(14)15)18-12(16)9-6-8-4-2-3-5-10(8)19-13(9)17/h2-7H,1H3,(H2,14,15)/t7-/m1/s1. The maximum atomic E-state index is 11.7. The summed E-state index contributed by atoms with van der Waals surface area (Å²) in [7, 11) is 0. The zero-order chi connectivity index (χ0) is 14.0. The number of para-hydroxylation sites is 1. The van der Waals surface area contributed by atoms with Crippen LogP contribution in [0.1, 0.15) is 17.3 Å². The second-order valence-corrected chi connectivity index (χ2v) is 3.94. The van der Waals surface area contributed by atoms with Crippen LogP contribution in [0.4, 0.5) is 0 Å². The predicted molar refractivity (Wildman–Crippen MR) is 66.6 cm³/mol. The summed E-state index contributed by atoms with van der Waals surface area (Å²) < 4.78 is 9.74. The van der Waals surface area contributed by atoms with Gasteiger partial charge < -0.3 is 14.9 Å². The molecule has 19 heavy (non-hydrogen) atoms. The van der Waals surface area contributed by atoms with E-state index in [1.807, 2.05) is 0 Å². The van der Waals surface area contributed by atoms with Gasteiger partial charge in [0.25, 0.3) is 5.91 Å². The fourth-order valence-corrected chi connectivity index (χ4v) is 1.49. The number of benzene rings is 1. The van der Waals surface area contributed by atoms with Gasteiger partial charge in [-0.15, -0.1) is 0 Å². The van der Waals surface area contributed by atoms with Gasteiger partial charge in [-0.05, 0) is 19.1 Å². The normalized spacial score (nSPS) is 12.1. The van der Waals surface area contributed by atoms with Crippen LogP contribution in [-0.2, 0) is 9.53 Å². The third kappa shape index (κ3) is 2.62. The Kier molecular flexibility index (Phi) is 3.33. The maximum absolute atomic E-state index is 11.7. The van der Waals surface area contributed by atoms with E-state index >= 15 is 0 Å². The minimum Gasteiger partial charge on any atom is -0.449 e. The largest absolute Gasteiger partial charge is 0.449 e. The minimum absolute atomic E-state index is 0.271. The van der Waals surface area contributed by atoms with E-state index in [1.165, 1.54) is 13.0 Å². The number of esters is 1. The van der Waals surface area contributed by atoms with E-state index in [9.17, 15) is 14.4 Å². The Morgan fingerprint density at radius 3 is 2.68 bits per heavy atom. The summed E-state index contributed by atoms with van der Waals surface area (Å²) in [5, 5.41) is 0.584. The third-order valence-corrected chi connectivity index (χ3v) is 2.55. The Balaban J connectivity index is 2.39. The van der Waals surface area contributed by atoms with E-state index in [0.29, 0.717) is 11.0 Å². The topological polar surface area (TPSA) is 99.6 Å². The summed E-state index contributed by atoms with van der Waals surface area (Å²) in [5.41, 5.74) is 4.25. The number of fused-ring (bicyclic) bond motifs is 1. The van der Waals surface area contributed by atoms with E-state index in [4.69, 9.17) is 14.9 Å². The molecule has 0 aliphatic carbocycles. The Bertz CT molecular complexity index is 703. The van der Waals surface area contributed by atoms with Crippen molar-refractivity contribution in [3.05, 3.63) is 46.3 Å². The van der Waals surface area contributed by atoms with Crippen LogP contribution < -0.4 is 11.4 Å². The quantitative estimate of drug-likeness (QED) is 0.651. The molecule has 0 aliphatic rings. The molecule has 1 heterocycles. The molecule has 98 valence electrons. The van der Waals surface area contributed by atoms with E-state index < -0.39 is 23.6 Å². The van der Waals surface area contributed by atoms with Gasteiger partial charge >= 0.3 is 11.6 Å². The highest BCUT2D eigenvalue weighted by atomic mass is 16.5. The zero-order valence-corrected chi connectivity index (χ0v) is 10.1. The number of hydrogen-bond acceptors (Lipinski definition) is 5. The molecule has 0 fully saturated rings. The molecule has 1 atom stereocenters. The van der Waals surface area contributed by atoms with E-state index in [1.54, 1.807) is 24.3 Å². The van der Waals surface area contributed by atoms with Crippen LogP contribution in [-0.4, -0.2) is 18.0 Å². The smallest absolute Gasteiger partial charge is 0.351 e. The van der Waals surface area contributed by atoms with Gasteiger partial charge in [-0.1, -0.05) is 18.2 Å². The van der Waals surface area contributed by atoms with Crippen LogP contribution >= 0.6 is 0 Å². The van der Waals surface area contributed by atoms with Crippen LogP contribution in [0.25, 0.3) is 11.0 Å². The monoisotopic (exact) mass is 261 g/mol. The summed E-state index contributed by atoms with van der Waals surface area (Å²) in [6, 6.07) is 8.10. The summed E-state index contributed by atoms with van der Waals surface area (Å²) in [6.07, 6.45) is -1.11. The molecule has 0 saturated carbocycles. The van der Waals surface area contributed by atoms with Crippen LogP contribution in [0, 0.1) is 0 Å². The molecule has 1 amide bonds. The van der Waals surface area contributed by atoms with Crippen molar-refractivity contribution in [2.45, 2.75) is 13.0 Å². The highest BCUT2D eigenvalue weighted by molar-refractivity contribution is 5.94. The van der Waals surface area contributed by atoms with Gasteiger partial charge in [0.05, 0.1) is 0 Å². The Hall–Kier alpha value is -2.63. The first kappa shape index (κ1) is 12.8. The summed E-state index contributed by atoms with van der Waals surface area (Å²) in [6.45, 7) is 1.32. The summed E-state index contributed by atoms with van der Waals surface area (Å²) in [5.74, 6) is -1.73. The molecule has 0 saturated heterocycles.